The zero-order chi connectivity index (χ0) is 28.6. The number of methoxy groups -OCH3 is 1. The van der Waals surface area contributed by atoms with E-state index >= 15 is 0 Å². The number of ether oxygens (including phenoxy) is 2. The number of hydrogen-bond donors (Lipinski definition) is 3. The lowest BCUT2D eigenvalue weighted by Gasteiger charge is -2.45. The molecule has 0 aliphatic carbocycles. The Balaban J connectivity index is 3.66. The molecule has 208 valence electrons. The van der Waals surface area contributed by atoms with Crippen LogP contribution in [0.2, 0.25) is 0 Å². The molecule has 1 aromatic carbocycles. The summed E-state index contributed by atoms with van der Waals surface area (Å²) in [7, 11) is 1.20. The molecule has 3 N–H and O–H groups in total. The summed E-state index contributed by atoms with van der Waals surface area (Å²) < 4.78 is 10.0. The molecule has 0 aliphatic rings. The predicted octanol–water partition coefficient (Wildman–Crippen LogP) is 3.68. The molecule has 0 radical (unpaired) electrons. The molecular formula is C27H43N3O7. The summed E-state index contributed by atoms with van der Waals surface area (Å²) in [5.41, 5.74) is -1.29. The second-order valence-corrected chi connectivity index (χ2v) is 10.7. The SMILES string of the molecule is CCC(C)C(NC(=O)OC(C)(C)C)C(=O)N(C(C(=O)NCC(=O)OC)c1cccc(O)c1)C(C)(C)CC. The van der Waals surface area contributed by atoms with E-state index in [0.29, 0.717) is 18.4 Å². The molecule has 0 aliphatic heterocycles. The maximum atomic E-state index is 14.3. The molecule has 10 heteroatoms. The lowest BCUT2D eigenvalue weighted by molar-refractivity contribution is -0.151. The van der Waals surface area contributed by atoms with Gasteiger partial charge in [-0.1, -0.05) is 39.3 Å². The molecule has 0 saturated heterocycles. The first-order chi connectivity index (χ1) is 17.1. The Kier molecular flexibility index (Phi) is 11.4. The highest BCUT2D eigenvalue weighted by atomic mass is 16.6. The van der Waals surface area contributed by atoms with Crippen LogP contribution in [-0.2, 0) is 23.9 Å². The average molecular weight is 522 g/mol. The molecule has 0 bridgehead atoms. The third-order valence-electron chi connectivity index (χ3n) is 6.23. The van der Waals surface area contributed by atoms with Crippen molar-refractivity contribution in [2.24, 2.45) is 5.92 Å². The minimum atomic E-state index is -1.22. The molecule has 0 fully saturated rings. The Bertz CT molecular complexity index is 956. The van der Waals surface area contributed by atoms with E-state index in [-0.39, 0.29) is 11.7 Å². The summed E-state index contributed by atoms with van der Waals surface area (Å²) in [5.74, 6) is -2.16. The smallest absolute Gasteiger partial charge is 0.408 e. The lowest BCUT2D eigenvalue weighted by Crippen LogP contribution is -2.60. The molecule has 1 rings (SSSR count). The number of esters is 1. The summed E-state index contributed by atoms with van der Waals surface area (Å²) in [6, 6.07) is 3.82. The number of rotatable bonds is 11. The number of carbonyl (C=O) groups excluding carboxylic acids is 4. The first-order valence-corrected chi connectivity index (χ1v) is 12.5. The number of aromatic hydroxyl groups is 1. The van der Waals surface area contributed by atoms with E-state index in [0.717, 1.165) is 0 Å². The van der Waals surface area contributed by atoms with Crippen LogP contribution in [0, 0.1) is 5.92 Å². The third-order valence-corrected chi connectivity index (χ3v) is 6.23. The summed E-state index contributed by atoms with van der Waals surface area (Å²) >= 11 is 0. The van der Waals surface area contributed by atoms with Crippen LogP contribution in [0.25, 0.3) is 0 Å². The Morgan fingerprint density at radius 1 is 1.08 bits per heavy atom. The molecular weight excluding hydrogens is 478 g/mol. The zero-order valence-electron chi connectivity index (χ0n) is 23.5. The van der Waals surface area contributed by atoms with Crippen molar-refractivity contribution in [3.63, 3.8) is 0 Å². The molecule has 3 amide bonds. The van der Waals surface area contributed by atoms with Crippen LogP contribution in [0.5, 0.6) is 5.75 Å². The van der Waals surface area contributed by atoms with Crippen LogP contribution in [0.15, 0.2) is 24.3 Å². The third kappa shape index (κ3) is 9.26. The zero-order valence-corrected chi connectivity index (χ0v) is 23.5. The molecule has 0 aromatic heterocycles. The van der Waals surface area contributed by atoms with E-state index in [9.17, 15) is 24.3 Å². The van der Waals surface area contributed by atoms with Crippen LogP contribution >= 0.6 is 0 Å². The van der Waals surface area contributed by atoms with Gasteiger partial charge in [-0.3, -0.25) is 14.4 Å². The number of nitrogens with one attached hydrogen (secondary N) is 2. The van der Waals surface area contributed by atoms with Crippen molar-refractivity contribution >= 4 is 23.9 Å². The Hall–Kier alpha value is -3.30. The van der Waals surface area contributed by atoms with Crippen LogP contribution in [0.4, 0.5) is 4.79 Å². The van der Waals surface area contributed by atoms with Crippen molar-refractivity contribution in [2.75, 3.05) is 13.7 Å². The van der Waals surface area contributed by atoms with Gasteiger partial charge in [0.15, 0.2) is 0 Å². The van der Waals surface area contributed by atoms with E-state index in [1.807, 2.05) is 34.6 Å². The minimum Gasteiger partial charge on any atom is -0.508 e. The van der Waals surface area contributed by atoms with Gasteiger partial charge in [-0.05, 0) is 64.7 Å². The quantitative estimate of drug-likeness (QED) is 0.378. The van der Waals surface area contributed by atoms with Crippen molar-refractivity contribution in [1.82, 2.24) is 15.5 Å². The second-order valence-electron chi connectivity index (χ2n) is 10.7. The van der Waals surface area contributed by atoms with E-state index in [2.05, 4.69) is 15.4 Å². The largest absolute Gasteiger partial charge is 0.508 e. The number of phenolic OH excluding ortho intramolecular Hbond substituents is 1. The summed E-state index contributed by atoms with van der Waals surface area (Å²) in [6.07, 6.45) is 0.292. The van der Waals surface area contributed by atoms with Crippen molar-refractivity contribution < 1.29 is 33.8 Å². The number of amides is 3. The molecule has 37 heavy (non-hydrogen) atoms. The number of alkyl carbamates (subject to hydrolysis) is 1. The van der Waals surface area contributed by atoms with Gasteiger partial charge >= 0.3 is 12.1 Å². The van der Waals surface area contributed by atoms with Gasteiger partial charge in [-0.15, -0.1) is 0 Å². The number of phenols is 1. The van der Waals surface area contributed by atoms with Crippen molar-refractivity contribution in [2.45, 2.75) is 91.5 Å². The second kappa shape index (κ2) is 13.3. The normalized spacial score (nSPS) is 14.1. The Morgan fingerprint density at radius 3 is 2.19 bits per heavy atom. The van der Waals surface area contributed by atoms with E-state index in [1.54, 1.807) is 32.9 Å². The number of nitrogens with zero attached hydrogens (tertiary/aromatic N) is 1. The highest BCUT2D eigenvalue weighted by Crippen LogP contribution is 2.34. The van der Waals surface area contributed by atoms with Gasteiger partial charge in [-0.25, -0.2) is 4.79 Å². The van der Waals surface area contributed by atoms with Crippen molar-refractivity contribution in [1.29, 1.82) is 0 Å². The van der Waals surface area contributed by atoms with Gasteiger partial charge in [0.2, 0.25) is 11.8 Å². The fourth-order valence-electron chi connectivity index (χ4n) is 3.65. The predicted molar refractivity (Wildman–Crippen MR) is 140 cm³/mol. The van der Waals surface area contributed by atoms with Crippen LogP contribution in [-0.4, -0.2) is 64.7 Å². The van der Waals surface area contributed by atoms with Crippen molar-refractivity contribution in [3.8, 4) is 5.75 Å². The summed E-state index contributed by atoms with van der Waals surface area (Å²) in [4.78, 5) is 53.7. The summed E-state index contributed by atoms with van der Waals surface area (Å²) in [5, 5.41) is 15.4. The molecule has 3 unspecified atom stereocenters. The Morgan fingerprint density at radius 2 is 1.70 bits per heavy atom. The van der Waals surface area contributed by atoms with Gasteiger partial charge in [-0.2, -0.15) is 0 Å². The maximum absolute atomic E-state index is 14.3. The first kappa shape index (κ1) is 31.7. The van der Waals surface area contributed by atoms with Gasteiger partial charge in [0.25, 0.3) is 0 Å². The number of carbonyl (C=O) groups is 4. The molecule has 0 spiro atoms. The highest BCUT2D eigenvalue weighted by Gasteiger charge is 2.44. The fourth-order valence-corrected chi connectivity index (χ4v) is 3.65. The van der Waals surface area contributed by atoms with Gasteiger partial charge < -0.3 is 30.1 Å². The maximum Gasteiger partial charge on any atom is 0.408 e. The van der Waals surface area contributed by atoms with Crippen LogP contribution < -0.4 is 10.6 Å². The molecule has 3 atom stereocenters. The first-order valence-electron chi connectivity index (χ1n) is 12.5. The fraction of sp³-hybridized carbons (Fsp3) is 0.630. The van der Waals surface area contributed by atoms with Gasteiger partial charge in [0, 0.05) is 5.54 Å². The van der Waals surface area contributed by atoms with E-state index in [4.69, 9.17) is 4.74 Å². The van der Waals surface area contributed by atoms with Crippen LogP contribution in [0.3, 0.4) is 0 Å². The standard InChI is InChI=1S/C27H43N3O7/c1-10-17(3)21(29-25(35)37-26(4,5)6)24(34)30(27(7,8)11-2)22(18-13-12-14-19(31)15-18)23(33)28-16-20(32)36-9/h12-15,17,21-22,31H,10-11,16H2,1-9H3,(H,28,33)(H,29,35). The molecule has 10 nitrogen and oxygen atoms in total. The molecule has 0 saturated carbocycles. The molecule has 0 heterocycles. The monoisotopic (exact) mass is 521 g/mol. The van der Waals surface area contributed by atoms with E-state index < -0.39 is 53.6 Å². The van der Waals surface area contributed by atoms with Gasteiger partial charge in [0.05, 0.1) is 7.11 Å². The van der Waals surface area contributed by atoms with E-state index in [1.165, 1.54) is 24.1 Å². The number of benzene rings is 1. The molecule has 1 aromatic rings. The highest BCUT2D eigenvalue weighted by molar-refractivity contribution is 5.93. The average Bonchev–Trinajstić information content (AvgIpc) is 2.81. The lowest BCUT2D eigenvalue weighted by atomic mass is 9.89. The van der Waals surface area contributed by atoms with Crippen molar-refractivity contribution in [3.05, 3.63) is 29.8 Å². The Labute approximate surface area is 220 Å². The van der Waals surface area contributed by atoms with Gasteiger partial charge in [0.1, 0.15) is 30.0 Å². The van der Waals surface area contributed by atoms with Crippen LogP contribution in [0.1, 0.15) is 79.8 Å². The topological polar surface area (TPSA) is 134 Å². The summed E-state index contributed by atoms with van der Waals surface area (Å²) in [6.45, 7) is 14.0. The number of hydrogen-bond acceptors (Lipinski definition) is 7. The minimum absolute atomic E-state index is 0.0877.